The molecular weight excluding hydrogens is 1360 g/mol. The molecule has 6 atom stereocenters. The fraction of sp³-hybridized carbons (Fsp3) is 0.271. The Kier molecular flexibility index (Phi) is 29.9. The molecule has 0 aliphatic heterocycles. The van der Waals surface area contributed by atoms with E-state index in [1.807, 2.05) is 172 Å². The molecule has 21 heteroatoms. The molecule has 482 valence electrons. The molecule has 8 aromatic carbocycles. The van der Waals surface area contributed by atoms with Gasteiger partial charge in [-0.3, -0.25) is 14.4 Å². The molecule has 8 rings (SSSR count). The van der Waals surface area contributed by atoms with Crippen molar-refractivity contribution in [2.24, 2.45) is 17.8 Å². The maximum atomic E-state index is 13.2. The molecule has 0 spiro atoms. The zero-order chi connectivity index (χ0) is 65.8. The van der Waals surface area contributed by atoms with Gasteiger partial charge in [-0.15, -0.1) is 23.5 Å². The average Bonchev–Trinajstić information content (AvgIpc) is 1.34. The first-order valence-corrected chi connectivity index (χ1v) is 37.4. The highest BCUT2D eigenvalue weighted by atomic mass is 127. The van der Waals surface area contributed by atoms with Crippen LogP contribution in [0.2, 0.25) is 0 Å². The number of thioether (sulfide) groups is 2. The van der Waals surface area contributed by atoms with Crippen LogP contribution in [0, 0.1) is 38.5 Å². The number of carbonyl (C=O) groups excluding carboxylic acids is 2. The highest BCUT2D eigenvalue weighted by molar-refractivity contribution is 14.1. The lowest BCUT2D eigenvalue weighted by molar-refractivity contribution is -0.149. The maximum absolute atomic E-state index is 13.2. The number of aliphatic carboxylic acids is 1. The average molecular weight is 1440 g/mol. The zero-order valence-electron chi connectivity index (χ0n) is 51.3. The van der Waals surface area contributed by atoms with Gasteiger partial charge in [-0.25, -0.2) is 39.4 Å². The first-order chi connectivity index (χ1) is 43.6. The molecule has 0 saturated heterocycles. The summed E-state index contributed by atoms with van der Waals surface area (Å²) in [7, 11) is -11.5. The van der Waals surface area contributed by atoms with Crippen molar-refractivity contribution in [3.05, 3.63) is 258 Å². The molecule has 91 heavy (non-hydrogen) atoms. The van der Waals surface area contributed by atoms with Crippen LogP contribution in [0.3, 0.4) is 0 Å². The van der Waals surface area contributed by atoms with E-state index >= 15 is 0 Å². The van der Waals surface area contributed by atoms with E-state index in [2.05, 4.69) is 36.8 Å². The van der Waals surface area contributed by atoms with Crippen molar-refractivity contribution < 1.29 is 54.2 Å². The number of nitrogens with one attached hydrogen (secondary N) is 3. The number of hydrogen-bond donors (Lipinski definition) is 4. The van der Waals surface area contributed by atoms with Crippen LogP contribution < -0.4 is 14.2 Å². The van der Waals surface area contributed by atoms with Crippen molar-refractivity contribution >= 4 is 94.1 Å². The number of alkyl halides is 1. The topological polar surface area (TPSA) is 228 Å². The number of carboxylic acid groups (broad SMARTS) is 1. The number of rotatable bonds is 30. The summed E-state index contributed by atoms with van der Waals surface area (Å²) < 4.78 is 97.3. The van der Waals surface area contributed by atoms with E-state index < -0.39 is 83.9 Å². The van der Waals surface area contributed by atoms with Gasteiger partial charge in [0.25, 0.3) is 0 Å². The van der Waals surface area contributed by atoms with Crippen molar-refractivity contribution in [3.63, 3.8) is 0 Å². The molecule has 0 aliphatic carbocycles. The molecule has 4 N–H and O–H groups in total. The molecule has 0 aliphatic rings. The summed E-state index contributed by atoms with van der Waals surface area (Å²) in [4.78, 5) is 40.2. The Balaban J connectivity index is 0.000000218. The molecule has 0 amide bonds. The van der Waals surface area contributed by atoms with Gasteiger partial charge in [0, 0.05) is 43.8 Å². The van der Waals surface area contributed by atoms with Gasteiger partial charge >= 0.3 is 17.9 Å². The summed E-state index contributed by atoms with van der Waals surface area (Å²) in [6, 6.07) is 65.4. The molecule has 15 nitrogen and oxygen atoms in total. The largest absolute Gasteiger partial charge is 0.481 e. The van der Waals surface area contributed by atoms with Crippen molar-refractivity contribution in [2.75, 3.05) is 29.1 Å². The first kappa shape index (κ1) is 73.4. The lowest BCUT2D eigenvalue weighted by Crippen LogP contribution is -2.46. The molecule has 0 bridgehead atoms. The monoisotopic (exact) mass is 1440 g/mol. The van der Waals surface area contributed by atoms with Crippen molar-refractivity contribution in [2.45, 2.75) is 96.5 Å². The Morgan fingerprint density at radius 1 is 0.407 bits per heavy atom. The van der Waals surface area contributed by atoms with Crippen LogP contribution in [0.15, 0.2) is 249 Å². The Bertz CT molecular complexity index is 3850. The standard InChI is InChI=1S/C26H29NO4S2.C24H25NO4S2.C20H24INO4S/c1-3-31-26(28)24(18-21-10-6-4-7-11-21)25(19-32-22-12-8-5-9-13-22)27-33(29,30)23-16-14-20(2)15-17-23;1-18-12-14-21(15-13-18)31(28,29)25-23(17-30-20-10-6-3-7-11-20)22(24(26)27)16-19-8-4-2-5-9-19;1-3-26-20(23)18(13-16-7-5-4-6-8-16)19(14-21)22-27(24,25)17-11-9-15(2)10-12-17/h4-17,24-25,27H,3,18-19H2,1-2H3;2-15,22-23,25H,16-17H2,1H3,(H,26,27);4-12,18-19,22H,3,13-14H2,1-2H3. The summed E-state index contributed by atoms with van der Waals surface area (Å²) in [5.74, 6) is -3.37. The van der Waals surface area contributed by atoms with Gasteiger partial charge in [-0.2, -0.15) is 0 Å². The number of carboxylic acids is 1. The molecule has 0 aromatic heterocycles. The van der Waals surface area contributed by atoms with Crippen LogP contribution in [0.5, 0.6) is 0 Å². The summed E-state index contributed by atoms with van der Waals surface area (Å²) in [5.41, 5.74) is 5.65. The van der Waals surface area contributed by atoms with E-state index in [-0.39, 0.29) is 34.3 Å². The number of benzene rings is 8. The Labute approximate surface area is 559 Å². The summed E-state index contributed by atoms with van der Waals surface area (Å²) >= 11 is 5.04. The first-order valence-electron chi connectivity index (χ1n) is 29.5. The van der Waals surface area contributed by atoms with E-state index in [0.717, 1.165) is 43.2 Å². The molecule has 0 saturated carbocycles. The second kappa shape index (κ2) is 37.1. The van der Waals surface area contributed by atoms with E-state index in [1.165, 1.54) is 35.7 Å². The van der Waals surface area contributed by atoms with Gasteiger partial charge in [0.05, 0.1) is 45.7 Å². The lowest BCUT2D eigenvalue weighted by Gasteiger charge is -2.26. The minimum atomic E-state index is -3.88. The van der Waals surface area contributed by atoms with Gasteiger partial charge in [-0.05, 0) is 131 Å². The van der Waals surface area contributed by atoms with Crippen LogP contribution in [-0.4, -0.2) is 95.5 Å². The number of carbonyl (C=O) groups is 3. The van der Waals surface area contributed by atoms with E-state index in [1.54, 1.807) is 74.5 Å². The fourth-order valence-corrected chi connectivity index (χ4v) is 16.6. The van der Waals surface area contributed by atoms with Gasteiger partial charge in [0.1, 0.15) is 0 Å². The van der Waals surface area contributed by atoms with Crippen LogP contribution in [-0.2, 0) is 73.2 Å². The second-order valence-electron chi connectivity index (χ2n) is 21.3. The van der Waals surface area contributed by atoms with Crippen LogP contribution in [0.1, 0.15) is 47.2 Å². The van der Waals surface area contributed by atoms with Gasteiger partial charge < -0.3 is 14.6 Å². The van der Waals surface area contributed by atoms with E-state index in [9.17, 15) is 44.7 Å². The quantitative estimate of drug-likeness (QED) is 0.0142. The normalized spacial score (nSPS) is 13.5. The highest BCUT2D eigenvalue weighted by Gasteiger charge is 2.36. The Morgan fingerprint density at radius 2 is 0.670 bits per heavy atom. The fourth-order valence-electron chi connectivity index (χ4n) is 9.33. The predicted octanol–water partition coefficient (Wildman–Crippen LogP) is 12.7. The minimum Gasteiger partial charge on any atom is -0.481 e. The van der Waals surface area contributed by atoms with E-state index in [4.69, 9.17) is 9.47 Å². The highest BCUT2D eigenvalue weighted by Crippen LogP contribution is 2.28. The summed E-state index contributed by atoms with van der Waals surface area (Å²) in [6.45, 7) is 9.65. The molecular formula is C70H78IN3O12S5. The van der Waals surface area contributed by atoms with Gasteiger partial charge in [0.15, 0.2) is 0 Å². The molecule has 0 fully saturated rings. The Morgan fingerprint density at radius 3 is 0.956 bits per heavy atom. The number of halogens is 1. The number of ether oxygens (including phenoxy) is 2. The summed E-state index contributed by atoms with van der Waals surface area (Å²) in [5, 5.41) is 9.96. The molecule has 0 heterocycles. The van der Waals surface area contributed by atoms with Gasteiger partial charge in [0.2, 0.25) is 30.1 Å². The third kappa shape index (κ3) is 24.4. The third-order valence-electron chi connectivity index (χ3n) is 14.3. The molecule has 6 unspecified atom stereocenters. The number of hydrogen-bond acceptors (Lipinski definition) is 13. The maximum Gasteiger partial charge on any atom is 0.310 e. The number of esters is 2. The van der Waals surface area contributed by atoms with Gasteiger partial charge in [-0.1, -0.05) is 203 Å². The lowest BCUT2D eigenvalue weighted by atomic mass is 9.93. The molecule has 0 radical (unpaired) electrons. The zero-order valence-corrected chi connectivity index (χ0v) is 57.6. The smallest absolute Gasteiger partial charge is 0.310 e. The Hall–Kier alpha value is -6.67. The predicted molar refractivity (Wildman–Crippen MR) is 371 cm³/mol. The van der Waals surface area contributed by atoms with Crippen molar-refractivity contribution in [1.82, 2.24) is 14.2 Å². The minimum absolute atomic E-state index is 0.122. The van der Waals surface area contributed by atoms with Crippen molar-refractivity contribution in [1.29, 1.82) is 0 Å². The van der Waals surface area contributed by atoms with Crippen molar-refractivity contribution in [3.8, 4) is 0 Å². The SMILES string of the molecule is CCOC(=O)C(Cc1ccccc1)C(CI)NS(=O)(=O)c1ccc(C)cc1.CCOC(=O)C(Cc1ccccc1)C(CSc1ccccc1)NS(=O)(=O)c1ccc(C)cc1.Cc1ccc(S(=O)(=O)NC(CSc2ccccc2)C(Cc2ccccc2)C(=O)O)cc1. The van der Waals surface area contributed by atoms with E-state index in [0.29, 0.717) is 28.8 Å². The number of sulfonamides is 3. The summed E-state index contributed by atoms with van der Waals surface area (Å²) in [6.07, 6.45) is 1.01. The van der Waals surface area contributed by atoms with Crippen LogP contribution in [0.4, 0.5) is 0 Å². The molecule has 8 aromatic rings. The second-order valence-corrected chi connectivity index (χ2v) is 29.5. The van der Waals surface area contributed by atoms with Crippen LogP contribution >= 0.6 is 46.1 Å². The third-order valence-corrected chi connectivity index (χ3v) is 22.0. The van der Waals surface area contributed by atoms with Crippen LogP contribution in [0.25, 0.3) is 0 Å². The number of aryl methyl sites for hydroxylation is 3.